The average molecular weight is 309 g/mol. The van der Waals surface area contributed by atoms with Gasteiger partial charge in [-0.25, -0.2) is 0 Å². The molecule has 0 saturated carbocycles. The van der Waals surface area contributed by atoms with Crippen LogP contribution in [0, 0.1) is 0 Å². The van der Waals surface area contributed by atoms with Gasteiger partial charge in [0.05, 0.1) is 12.1 Å². The summed E-state index contributed by atoms with van der Waals surface area (Å²) in [5.74, 6) is 0.606. The van der Waals surface area contributed by atoms with E-state index in [-0.39, 0.29) is 5.91 Å². The van der Waals surface area contributed by atoms with Crippen LogP contribution in [0.15, 0.2) is 48.5 Å². The van der Waals surface area contributed by atoms with Gasteiger partial charge in [0.1, 0.15) is 5.75 Å². The lowest BCUT2D eigenvalue weighted by molar-refractivity contribution is 0.0946. The zero-order valence-electron chi connectivity index (χ0n) is 13.2. The first-order valence-electron chi connectivity index (χ1n) is 7.61. The fourth-order valence-corrected chi connectivity index (χ4v) is 2.59. The molecule has 3 aromatic rings. The molecule has 0 spiro atoms. The molecule has 0 aliphatic rings. The van der Waals surface area contributed by atoms with E-state index in [1.165, 1.54) is 0 Å². The number of para-hydroxylation sites is 2. The van der Waals surface area contributed by atoms with E-state index in [1.807, 2.05) is 62.5 Å². The molecule has 0 saturated heterocycles. The molecular weight excluding hydrogens is 290 g/mol. The summed E-state index contributed by atoms with van der Waals surface area (Å²) in [6.07, 6.45) is 0. The van der Waals surface area contributed by atoms with Gasteiger partial charge in [0.15, 0.2) is 5.69 Å². The number of fused-ring (bicyclic) bond motifs is 1. The summed E-state index contributed by atoms with van der Waals surface area (Å²) >= 11 is 0. The Morgan fingerprint density at radius 1 is 1.17 bits per heavy atom. The Bertz CT molecular complexity index is 839. The van der Waals surface area contributed by atoms with Crippen LogP contribution in [0.3, 0.4) is 0 Å². The van der Waals surface area contributed by atoms with Crippen LogP contribution < -0.4 is 10.1 Å². The maximum atomic E-state index is 12.5. The number of rotatable bonds is 5. The first-order chi connectivity index (χ1) is 11.2. The summed E-state index contributed by atoms with van der Waals surface area (Å²) in [6, 6.07) is 15.4. The van der Waals surface area contributed by atoms with Crippen LogP contribution in [-0.2, 0) is 13.6 Å². The van der Waals surface area contributed by atoms with Crippen molar-refractivity contribution >= 4 is 16.8 Å². The lowest BCUT2D eigenvalue weighted by Crippen LogP contribution is -2.24. The summed E-state index contributed by atoms with van der Waals surface area (Å²) in [4.78, 5) is 12.5. The van der Waals surface area contributed by atoms with E-state index >= 15 is 0 Å². The minimum absolute atomic E-state index is 0.187. The van der Waals surface area contributed by atoms with E-state index in [9.17, 15) is 4.79 Å². The second-order valence-corrected chi connectivity index (χ2v) is 5.21. The number of hydrogen-bond donors (Lipinski definition) is 1. The van der Waals surface area contributed by atoms with Gasteiger partial charge in [0, 0.05) is 24.5 Å². The van der Waals surface area contributed by atoms with Crippen molar-refractivity contribution in [3.63, 3.8) is 0 Å². The molecule has 0 radical (unpaired) electrons. The number of ether oxygens (including phenoxy) is 1. The van der Waals surface area contributed by atoms with Gasteiger partial charge < -0.3 is 10.1 Å². The minimum Gasteiger partial charge on any atom is -0.494 e. The zero-order chi connectivity index (χ0) is 16.2. The molecule has 23 heavy (non-hydrogen) atoms. The molecule has 5 heteroatoms. The Balaban J connectivity index is 1.80. The standard InChI is InChI=1S/C18H19N3O2/c1-3-23-16-11-7-4-8-13(16)12-19-18(22)17-14-9-5-6-10-15(14)21(2)20-17/h4-11H,3,12H2,1-2H3,(H,19,22). The van der Waals surface area contributed by atoms with Crippen LogP contribution >= 0.6 is 0 Å². The molecule has 3 rings (SSSR count). The monoisotopic (exact) mass is 309 g/mol. The number of carbonyl (C=O) groups excluding carboxylic acids is 1. The SMILES string of the molecule is CCOc1ccccc1CNC(=O)c1nn(C)c2ccccc12. The summed E-state index contributed by atoms with van der Waals surface area (Å²) in [5.41, 5.74) is 2.33. The fraction of sp³-hybridized carbons (Fsp3) is 0.222. The molecule has 5 nitrogen and oxygen atoms in total. The number of carbonyl (C=O) groups is 1. The molecule has 1 amide bonds. The van der Waals surface area contributed by atoms with Gasteiger partial charge in [0.25, 0.3) is 5.91 Å². The van der Waals surface area contributed by atoms with Crippen LogP contribution in [0.5, 0.6) is 5.75 Å². The predicted octanol–water partition coefficient (Wildman–Crippen LogP) is 2.90. The van der Waals surface area contributed by atoms with E-state index < -0.39 is 0 Å². The van der Waals surface area contributed by atoms with Crippen molar-refractivity contribution in [3.8, 4) is 5.75 Å². The maximum absolute atomic E-state index is 12.5. The summed E-state index contributed by atoms with van der Waals surface area (Å²) in [6.45, 7) is 2.94. The lowest BCUT2D eigenvalue weighted by Gasteiger charge is -2.10. The number of amides is 1. The largest absolute Gasteiger partial charge is 0.494 e. The smallest absolute Gasteiger partial charge is 0.272 e. The van der Waals surface area contributed by atoms with Gasteiger partial charge in [-0.3, -0.25) is 9.48 Å². The van der Waals surface area contributed by atoms with Crippen molar-refractivity contribution in [2.45, 2.75) is 13.5 Å². The molecule has 0 fully saturated rings. The molecule has 0 aliphatic carbocycles. The number of hydrogen-bond acceptors (Lipinski definition) is 3. The number of nitrogens with zero attached hydrogens (tertiary/aromatic N) is 2. The van der Waals surface area contributed by atoms with Gasteiger partial charge in [-0.2, -0.15) is 5.10 Å². The third-order valence-electron chi connectivity index (χ3n) is 3.68. The van der Waals surface area contributed by atoms with Crippen molar-refractivity contribution in [2.24, 2.45) is 7.05 Å². The van der Waals surface area contributed by atoms with E-state index in [1.54, 1.807) is 4.68 Å². The summed E-state index contributed by atoms with van der Waals surface area (Å²) in [7, 11) is 1.84. The summed E-state index contributed by atoms with van der Waals surface area (Å²) in [5, 5.41) is 8.11. The van der Waals surface area contributed by atoms with Crippen LogP contribution in [0.2, 0.25) is 0 Å². The third kappa shape index (κ3) is 3.04. The van der Waals surface area contributed by atoms with Gasteiger partial charge in [-0.05, 0) is 19.1 Å². The highest BCUT2D eigenvalue weighted by molar-refractivity contribution is 6.04. The number of nitrogens with one attached hydrogen (secondary N) is 1. The Morgan fingerprint density at radius 2 is 1.91 bits per heavy atom. The molecule has 0 unspecified atom stereocenters. The van der Waals surface area contributed by atoms with Crippen LogP contribution in [0.1, 0.15) is 23.0 Å². The predicted molar refractivity (Wildman–Crippen MR) is 89.5 cm³/mol. The van der Waals surface area contributed by atoms with E-state index in [2.05, 4.69) is 10.4 Å². The van der Waals surface area contributed by atoms with Crippen molar-refractivity contribution in [1.82, 2.24) is 15.1 Å². The van der Waals surface area contributed by atoms with E-state index in [0.717, 1.165) is 22.2 Å². The first kappa shape index (κ1) is 15.1. The second-order valence-electron chi connectivity index (χ2n) is 5.21. The molecule has 118 valence electrons. The maximum Gasteiger partial charge on any atom is 0.272 e. The number of benzene rings is 2. The topological polar surface area (TPSA) is 56.1 Å². The highest BCUT2D eigenvalue weighted by Crippen LogP contribution is 2.19. The Morgan fingerprint density at radius 3 is 2.74 bits per heavy atom. The highest BCUT2D eigenvalue weighted by atomic mass is 16.5. The average Bonchev–Trinajstić information content (AvgIpc) is 2.92. The molecular formula is C18H19N3O2. The van der Waals surface area contributed by atoms with Crippen molar-refractivity contribution < 1.29 is 9.53 Å². The normalized spacial score (nSPS) is 10.7. The Labute approximate surface area is 134 Å². The minimum atomic E-state index is -0.187. The highest BCUT2D eigenvalue weighted by Gasteiger charge is 2.15. The van der Waals surface area contributed by atoms with Crippen molar-refractivity contribution in [1.29, 1.82) is 0 Å². The Kier molecular flexibility index (Phi) is 4.28. The van der Waals surface area contributed by atoms with Gasteiger partial charge in [0.2, 0.25) is 0 Å². The Hall–Kier alpha value is -2.82. The van der Waals surface area contributed by atoms with Crippen LogP contribution in [0.4, 0.5) is 0 Å². The van der Waals surface area contributed by atoms with Crippen molar-refractivity contribution in [3.05, 3.63) is 59.8 Å². The quantitative estimate of drug-likeness (QED) is 0.788. The van der Waals surface area contributed by atoms with Crippen molar-refractivity contribution in [2.75, 3.05) is 6.61 Å². The zero-order valence-corrected chi connectivity index (χ0v) is 13.2. The van der Waals surface area contributed by atoms with E-state index in [0.29, 0.717) is 18.8 Å². The number of aryl methyl sites for hydroxylation is 1. The van der Waals surface area contributed by atoms with Gasteiger partial charge >= 0.3 is 0 Å². The van der Waals surface area contributed by atoms with Gasteiger partial charge in [-0.1, -0.05) is 36.4 Å². The van der Waals surface area contributed by atoms with E-state index in [4.69, 9.17) is 4.74 Å². The molecule has 1 heterocycles. The molecule has 2 aromatic carbocycles. The van der Waals surface area contributed by atoms with Crippen LogP contribution in [-0.4, -0.2) is 22.3 Å². The number of aromatic nitrogens is 2. The lowest BCUT2D eigenvalue weighted by atomic mass is 10.2. The second kappa shape index (κ2) is 6.52. The first-order valence-corrected chi connectivity index (χ1v) is 7.61. The molecule has 0 aliphatic heterocycles. The van der Waals surface area contributed by atoms with Crippen LogP contribution in [0.25, 0.3) is 10.9 Å². The third-order valence-corrected chi connectivity index (χ3v) is 3.68. The molecule has 0 atom stereocenters. The van der Waals surface area contributed by atoms with Gasteiger partial charge in [-0.15, -0.1) is 0 Å². The molecule has 0 bridgehead atoms. The molecule has 1 N–H and O–H groups in total. The fourth-order valence-electron chi connectivity index (χ4n) is 2.59. The molecule has 1 aromatic heterocycles. The summed E-state index contributed by atoms with van der Waals surface area (Å²) < 4.78 is 7.30.